The summed E-state index contributed by atoms with van der Waals surface area (Å²) in [6.45, 7) is 29.3. The van der Waals surface area contributed by atoms with Crippen molar-refractivity contribution in [1.29, 1.82) is 0 Å². The third-order valence-corrected chi connectivity index (χ3v) is 22.4. The topological polar surface area (TPSA) is 41.9 Å². The number of hydrogen-bond acceptors (Lipinski definition) is 4. The van der Waals surface area contributed by atoms with E-state index < -0.39 is 16.5 Å². The molecule has 6 heteroatoms. The molecule has 0 aliphatic heterocycles. The van der Waals surface area contributed by atoms with Crippen LogP contribution in [0.3, 0.4) is 0 Å². The Morgan fingerprint density at radius 2 is 0.815 bits per heavy atom. The molecule has 156 valence electrons. The summed E-state index contributed by atoms with van der Waals surface area (Å²) in [5.74, 6) is 0.940. The van der Waals surface area contributed by atoms with Crippen LogP contribution in [0.15, 0.2) is 12.7 Å². The lowest BCUT2D eigenvalue weighted by molar-refractivity contribution is 0.751. The van der Waals surface area contributed by atoms with Crippen molar-refractivity contribution in [3.63, 3.8) is 0 Å². The van der Waals surface area contributed by atoms with E-state index in [9.17, 15) is 0 Å². The second kappa shape index (κ2) is 9.16. The maximum absolute atomic E-state index is 4.78. The number of nitrogens with zero attached hydrogens (tertiary/aromatic N) is 4. The maximum atomic E-state index is 4.78. The molecule has 0 saturated heterocycles. The fourth-order valence-electron chi connectivity index (χ4n) is 6.58. The molecule has 0 unspecified atom stereocenters. The summed E-state index contributed by atoms with van der Waals surface area (Å²) < 4.78 is 2.92. The van der Waals surface area contributed by atoms with Gasteiger partial charge in [0.2, 0.25) is 5.95 Å². The van der Waals surface area contributed by atoms with Crippen molar-refractivity contribution in [1.82, 2.24) is 15.0 Å². The summed E-state index contributed by atoms with van der Waals surface area (Å²) >= 11 is 0. The smallest absolute Gasteiger partial charge is 0.211 e. The molecule has 0 aliphatic carbocycles. The van der Waals surface area contributed by atoms with Gasteiger partial charge >= 0.3 is 0 Å². The summed E-state index contributed by atoms with van der Waals surface area (Å²) in [5, 5.41) is 0. The molecule has 0 aliphatic rings. The van der Waals surface area contributed by atoms with Gasteiger partial charge in [-0.05, 0) is 33.2 Å². The average molecular weight is 409 g/mol. The van der Waals surface area contributed by atoms with Crippen LogP contribution in [0.4, 0.5) is 5.95 Å². The zero-order valence-corrected chi connectivity index (χ0v) is 21.9. The predicted molar refractivity (Wildman–Crippen MR) is 124 cm³/mol. The molecule has 0 bridgehead atoms. The Balaban J connectivity index is 4.07. The standard InChI is InChI=1S/C21H44N4Si2/c1-15(2)26(16(3)4,17(5)6)25(21-23-13-22-14-24-21)27(18(7)8,19(9)10)20(11)12/h13-20H,1-12H3. The lowest BCUT2D eigenvalue weighted by Gasteiger charge is -2.62. The second-order valence-corrected chi connectivity index (χ2v) is 21.8. The predicted octanol–water partition coefficient (Wildman–Crippen LogP) is 7.03. The first-order valence-electron chi connectivity index (χ1n) is 10.8. The first-order chi connectivity index (χ1) is 12.4. The normalized spacial score (nSPS) is 13.7. The minimum absolute atomic E-state index is 0.623. The summed E-state index contributed by atoms with van der Waals surface area (Å²) in [5.41, 5.74) is 3.74. The fourth-order valence-corrected chi connectivity index (χ4v) is 25.9. The summed E-state index contributed by atoms with van der Waals surface area (Å²) in [6.07, 6.45) is 3.38. The SMILES string of the molecule is CC(C)[Si](C(C)C)(C(C)C)N(c1ncncn1)[Si](C(C)C)(C(C)C)C(C)C. The van der Waals surface area contributed by atoms with Crippen LogP contribution in [0.5, 0.6) is 0 Å². The van der Waals surface area contributed by atoms with Gasteiger partial charge in [0.1, 0.15) is 12.7 Å². The van der Waals surface area contributed by atoms with Gasteiger partial charge in [-0.25, -0.2) is 15.0 Å². The largest absolute Gasteiger partial charge is 0.392 e. The molecule has 0 amide bonds. The van der Waals surface area contributed by atoms with Gasteiger partial charge in [0.15, 0.2) is 16.5 Å². The lowest BCUT2D eigenvalue weighted by atomic mass is 10.5. The van der Waals surface area contributed by atoms with E-state index in [1.54, 1.807) is 12.7 Å². The Kier molecular flexibility index (Phi) is 8.24. The van der Waals surface area contributed by atoms with Gasteiger partial charge in [-0.1, -0.05) is 83.1 Å². The molecule has 0 atom stereocenters. The Labute approximate surface area is 170 Å². The maximum Gasteiger partial charge on any atom is 0.211 e. The molecule has 1 rings (SSSR count). The molecule has 0 saturated carbocycles. The molecular formula is C21H44N4Si2. The molecule has 1 heterocycles. The zero-order chi connectivity index (χ0) is 21.2. The molecule has 4 nitrogen and oxygen atoms in total. The van der Waals surface area contributed by atoms with Crippen LogP contribution in [0.1, 0.15) is 83.1 Å². The van der Waals surface area contributed by atoms with Crippen molar-refractivity contribution >= 4 is 22.4 Å². The summed E-state index contributed by atoms with van der Waals surface area (Å²) in [6, 6.07) is 0. The Morgan fingerprint density at radius 3 is 1.04 bits per heavy atom. The van der Waals surface area contributed by atoms with E-state index in [1.165, 1.54) is 0 Å². The molecule has 1 aromatic rings. The molecule has 1 aromatic heterocycles. The summed E-state index contributed by atoms with van der Waals surface area (Å²) in [4.78, 5) is 13.7. The van der Waals surface area contributed by atoms with Gasteiger partial charge in [-0.3, -0.25) is 0 Å². The van der Waals surface area contributed by atoms with Gasteiger partial charge in [-0.15, -0.1) is 0 Å². The van der Waals surface area contributed by atoms with Gasteiger partial charge in [-0.2, -0.15) is 0 Å². The van der Waals surface area contributed by atoms with Crippen molar-refractivity contribution in [2.45, 2.75) is 116 Å². The molecular weight excluding hydrogens is 364 g/mol. The van der Waals surface area contributed by atoms with E-state index in [2.05, 4.69) is 92.3 Å². The van der Waals surface area contributed by atoms with Crippen molar-refractivity contribution < 1.29 is 0 Å². The van der Waals surface area contributed by atoms with Crippen molar-refractivity contribution in [3.8, 4) is 0 Å². The lowest BCUT2D eigenvalue weighted by Crippen LogP contribution is -2.75. The van der Waals surface area contributed by atoms with E-state index in [4.69, 9.17) is 9.97 Å². The number of anilines is 1. The molecule has 0 fully saturated rings. The van der Waals surface area contributed by atoms with Crippen LogP contribution < -0.4 is 4.23 Å². The third kappa shape index (κ3) is 3.89. The fraction of sp³-hybridized carbons (Fsp3) is 0.857. The van der Waals surface area contributed by atoms with E-state index in [-0.39, 0.29) is 0 Å². The second-order valence-electron chi connectivity index (χ2n) is 9.98. The van der Waals surface area contributed by atoms with Crippen LogP contribution in [-0.4, -0.2) is 31.4 Å². The molecule has 0 N–H and O–H groups in total. The van der Waals surface area contributed by atoms with Crippen molar-refractivity contribution in [2.24, 2.45) is 0 Å². The minimum Gasteiger partial charge on any atom is -0.392 e. The Hall–Kier alpha value is -0.756. The van der Waals surface area contributed by atoms with Gasteiger partial charge in [0, 0.05) is 0 Å². The van der Waals surface area contributed by atoms with Crippen LogP contribution in [-0.2, 0) is 0 Å². The van der Waals surface area contributed by atoms with E-state index in [0.29, 0.717) is 33.2 Å². The Bertz CT molecular complexity index is 495. The molecule has 0 radical (unpaired) electrons. The van der Waals surface area contributed by atoms with E-state index in [1.807, 2.05) is 0 Å². The Morgan fingerprint density at radius 1 is 0.556 bits per heavy atom. The highest BCUT2D eigenvalue weighted by atomic mass is 28.4. The van der Waals surface area contributed by atoms with Crippen LogP contribution in [0, 0.1) is 0 Å². The van der Waals surface area contributed by atoms with Crippen LogP contribution >= 0.6 is 0 Å². The van der Waals surface area contributed by atoms with Crippen molar-refractivity contribution in [2.75, 3.05) is 4.23 Å². The highest BCUT2D eigenvalue weighted by Crippen LogP contribution is 2.54. The number of aromatic nitrogens is 3. The van der Waals surface area contributed by atoms with Crippen LogP contribution in [0.2, 0.25) is 33.2 Å². The highest BCUT2D eigenvalue weighted by molar-refractivity contribution is 7.05. The van der Waals surface area contributed by atoms with E-state index >= 15 is 0 Å². The van der Waals surface area contributed by atoms with Gasteiger partial charge in [0.05, 0.1) is 0 Å². The van der Waals surface area contributed by atoms with Crippen LogP contribution in [0.25, 0.3) is 0 Å². The number of rotatable bonds is 9. The monoisotopic (exact) mass is 408 g/mol. The first-order valence-corrected chi connectivity index (χ1v) is 15.2. The minimum atomic E-state index is -1.98. The molecule has 0 spiro atoms. The number of hydrogen-bond donors (Lipinski definition) is 0. The molecule has 0 aromatic carbocycles. The molecule has 27 heavy (non-hydrogen) atoms. The quantitative estimate of drug-likeness (QED) is 0.411. The zero-order valence-electron chi connectivity index (χ0n) is 19.9. The average Bonchev–Trinajstić information content (AvgIpc) is 2.53. The van der Waals surface area contributed by atoms with E-state index in [0.717, 1.165) is 5.95 Å². The highest BCUT2D eigenvalue weighted by Gasteiger charge is 2.60. The van der Waals surface area contributed by atoms with Gasteiger partial charge in [0.25, 0.3) is 0 Å². The third-order valence-electron chi connectivity index (χ3n) is 7.00. The first kappa shape index (κ1) is 24.3. The summed E-state index contributed by atoms with van der Waals surface area (Å²) in [7, 11) is -3.96. The van der Waals surface area contributed by atoms with Crippen molar-refractivity contribution in [3.05, 3.63) is 12.7 Å². The van der Waals surface area contributed by atoms with Gasteiger partial charge < -0.3 is 4.23 Å².